The van der Waals surface area contributed by atoms with Gasteiger partial charge in [0.15, 0.2) is 0 Å². The van der Waals surface area contributed by atoms with E-state index in [2.05, 4.69) is 42.6 Å². The number of aryl methyl sites for hydroxylation is 1. The Morgan fingerprint density at radius 2 is 1.80 bits per heavy atom. The lowest BCUT2D eigenvalue weighted by Crippen LogP contribution is -2.15. The van der Waals surface area contributed by atoms with Crippen molar-refractivity contribution in [2.24, 2.45) is 0 Å². The number of hydrogen-bond donors (Lipinski definition) is 1. The molecule has 1 fully saturated rings. The van der Waals surface area contributed by atoms with Crippen molar-refractivity contribution >= 4 is 0 Å². The van der Waals surface area contributed by atoms with Crippen molar-refractivity contribution < 1.29 is 4.74 Å². The first-order valence-electron chi connectivity index (χ1n) is 7.42. The number of benzene rings is 2. The van der Waals surface area contributed by atoms with E-state index in [9.17, 15) is 0 Å². The van der Waals surface area contributed by atoms with Gasteiger partial charge >= 0.3 is 0 Å². The summed E-state index contributed by atoms with van der Waals surface area (Å²) in [4.78, 5) is 0. The van der Waals surface area contributed by atoms with Gasteiger partial charge in [-0.2, -0.15) is 0 Å². The molecule has 104 valence electrons. The number of nitrogens with one attached hydrogen (secondary N) is 1. The van der Waals surface area contributed by atoms with Gasteiger partial charge in [-0.1, -0.05) is 31.2 Å². The number of ether oxygens (including phenoxy) is 1. The van der Waals surface area contributed by atoms with Gasteiger partial charge in [-0.05, 0) is 54.7 Å². The van der Waals surface area contributed by atoms with E-state index in [4.69, 9.17) is 4.74 Å². The van der Waals surface area contributed by atoms with E-state index in [1.165, 1.54) is 24.0 Å². The van der Waals surface area contributed by atoms with Gasteiger partial charge in [0.25, 0.3) is 0 Å². The van der Waals surface area contributed by atoms with E-state index in [0.717, 1.165) is 30.5 Å². The van der Waals surface area contributed by atoms with Gasteiger partial charge in [0.2, 0.25) is 0 Å². The van der Waals surface area contributed by atoms with E-state index in [1.54, 1.807) is 0 Å². The Kier molecular flexibility index (Phi) is 4.03. The second-order valence-corrected chi connectivity index (χ2v) is 5.40. The zero-order valence-electron chi connectivity index (χ0n) is 11.9. The van der Waals surface area contributed by atoms with Crippen LogP contribution in [0.25, 0.3) is 0 Å². The van der Waals surface area contributed by atoms with Crippen LogP contribution >= 0.6 is 0 Å². The molecule has 1 aliphatic carbocycles. The summed E-state index contributed by atoms with van der Waals surface area (Å²) in [5.74, 6) is 1.80. The van der Waals surface area contributed by atoms with Crippen molar-refractivity contribution in [1.29, 1.82) is 0 Å². The fraction of sp³-hybridized carbons (Fsp3) is 0.333. The molecule has 20 heavy (non-hydrogen) atoms. The van der Waals surface area contributed by atoms with Crippen LogP contribution in [0.2, 0.25) is 0 Å². The molecule has 0 aliphatic heterocycles. The number of rotatable bonds is 6. The molecular formula is C18H21NO. The lowest BCUT2D eigenvalue weighted by Gasteiger charge is -2.09. The third-order valence-electron chi connectivity index (χ3n) is 3.64. The van der Waals surface area contributed by atoms with Crippen LogP contribution in [0.4, 0.5) is 0 Å². The molecule has 2 aromatic carbocycles. The average molecular weight is 267 g/mol. The van der Waals surface area contributed by atoms with Gasteiger partial charge in [-0.15, -0.1) is 0 Å². The van der Waals surface area contributed by atoms with Gasteiger partial charge in [-0.3, -0.25) is 0 Å². The van der Waals surface area contributed by atoms with Crippen LogP contribution in [0.3, 0.4) is 0 Å². The normalized spacial score (nSPS) is 14.2. The molecule has 1 saturated carbocycles. The first-order chi connectivity index (χ1) is 9.83. The molecule has 0 saturated heterocycles. The highest BCUT2D eigenvalue weighted by molar-refractivity contribution is 5.35. The molecule has 2 heteroatoms. The van der Waals surface area contributed by atoms with Crippen LogP contribution in [-0.4, -0.2) is 6.04 Å². The van der Waals surface area contributed by atoms with Crippen LogP contribution in [-0.2, 0) is 13.0 Å². The van der Waals surface area contributed by atoms with Gasteiger partial charge in [0.05, 0.1) is 0 Å². The predicted octanol–water partition coefficient (Wildman–Crippen LogP) is 4.29. The zero-order chi connectivity index (χ0) is 13.8. The Morgan fingerprint density at radius 3 is 2.50 bits per heavy atom. The summed E-state index contributed by atoms with van der Waals surface area (Å²) in [6, 6.07) is 17.4. The monoisotopic (exact) mass is 267 g/mol. The van der Waals surface area contributed by atoms with Gasteiger partial charge in [0, 0.05) is 12.6 Å². The Bertz CT molecular complexity index is 558. The summed E-state index contributed by atoms with van der Waals surface area (Å²) in [7, 11) is 0. The molecule has 3 rings (SSSR count). The maximum atomic E-state index is 5.91. The zero-order valence-corrected chi connectivity index (χ0v) is 11.9. The van der Waals surface area contributed by atoms with Crippen LogP contribution < -0.4 is 10.1 Å². The highest BCUT2D eigenvalue weighted by Gasteiger charge is 2.19. The van der Waals surface area contributed by atoms with Crippen LogP contribution in [0.1, 0.15) is 30.9 Å². The van der Waals surface area contributed by atoms with Crippen LogP contribution in [0.5, 0.6) is 11.5 Å². The lowest BCUT2D eigenvalue weighted by molar-refractivity contribution is 0.481. The van der Waals surface area contributed by atoms with E-state index < -0.39 is 0 Å². The molecule has 0 atom stereocenters. The molecular weight excluding hydrogens is 246 g/mol. The second kappa shape index (κ2) is 6.10. The first kappa shape index (κ1) is 13.2. The molecule has 0 unspecified atom stereocenters. The van der Waals surface area contributed by atoms with E-state index in [0.29, 0.717) is 0 Å². The molecule has 0 amide bonds. The smallest absolute Gasteiger partial charge is 0.127 e. The predicted molar refractivity (Wildman–Crippen MR) is 82.2 cm³/mol. The van der Waals surface area contributed by atoms with Crippen molar-refractivity contribution in [3.8, 4) is 11.5 Å². The minimum absolute atomic E-state index is 0.737. The number of hydrogen-bond acceptors (Lipinski definition) is 2. The van der Waals surface area contributed by atoms with Crippen LogP contribution in [0, 0.1) is 0 Å². The standard InChI is InChI=1S/C18H21NO/c1-2-14-6-10-17(11-7-14)20-18-5-3-4-15(12-18)13-19-16-8-9-16/h3-7,10-12,16,19H,2,8-9,13H2,1H3. The van der Waals surface area contributed by atoms with Crippen molar-refractivity contribution in [1.82, 2.24) is 5.32 Å². The first-order valence-corrected chi connectivity index (χ1v) is 7.42. The molecule has 0 bridgehead atoms. The molecule has 2 aromatic rings. The van der Waals surface area contributed by atoms with Crippen LogP contribution in [0.15, 0.2) is 48.5 Å². The molecule has 0 radical (unpaired) electrons. The fourth-order valence-corrected chi connectivity index (χ4v) is 2.20. The topological polar surface area (TPSA) is 21.3 Å². The fourth-order valence-electron chi connectivity index (χ4n) is 2.20. The van der Waals surface area contributed by atoms with E-state index in [1.807, 2.05) is 18.2 Å². The minimum atomic E-state index is 0.737. The Labute approximate surface area is 120 Å². The van der Waals surface area contributed by atoms with Crippen molar-refractivity contribution in [2.45, 2.75) is 38.8 Å². The molecule has 0 spiro atoms. The summed E-state index contributed by atoms with van der Waals surface area (Å²) in [5, 5.41) is 3.52. The largest absolute Gasteiger partial charge is 0.457 e. The Hall–Kier alpha value is -1.80. The second-order valence-electron chi connectivity index (χ2n) is 5.40. The lowest BCUT2D eigenvalue weighted by atomic mass is 10.2. The summed E-state index contributed by atoms with van der Waals surface area (Å²) < 4.78 is 5.91. The van der Waals surface area contributed by atoms with E-state index in [-0.39, 0.29) is 0 Å². The molecule has 1 N–H and O–H groups in total. The third kappa shape index (κ3) is 3.61. The van der Waals surface area contributed by atoms with Crippen molar-refractivity contribution in [2.75, 3.05) is 0 Å². The summed E-state index contributed by atoms with van der Waals surface area (Å²) in [6.45, 7) is 3.09. The Morgan fingerprint density at radius 1 is 1.00 bits per heavy atom. The van der Waals surface area contributed by atoms with Gasteiger partial charge in [0.1, 0.15) is 11.5 Å². The quantitative estimate of drug-likeness (QED) is 0.843. The molecule has 0 heterocycles. The maximum absolute atomic E-state index is 5.91. The van der Waals surface area contributed by atoms with E-state index >= 15 is 0 Å². The summed E-state index contributed by atoms with van der Waals surface area (Å²) >= 11 is 0. The summed E-state index contributed by atoms with van der Waals surface area (Å²) in [6.07, 6.45) is 3.70. The summed E-state index contributed by atoms with van der Waals surface area (Å²) in [5.41, 5.74) is 2.61. The highest BCUT2D eigenvalue weighted by atomic mass is 16.5. The molecule has 1 aliphatic rings. The third-order valence-corrected chi connectivity index (χ3v) is 3.64. The average Bonchev–Trinajstić information content (AvgIpc) is 3.31. The van der Waals surface area contributed by atoms with Gasteiger partial charge < -0.3 is 10.1 Å². The van der Waals surface area contributed by atoms with Crippen molar-refractivity contribution in [3.63, 3.8) is 0 Å². The SMILES string of the molecule is CCc1ccc(Oc2cccc(CNC3CC3)c2)cc1. The molecule has 0 aromatic heterocycles. The maximum Gasteiger partial charge on any atom is 0.127 e. The highest BCUT2D eigenvalue weighted by Crippen LogP contribution is 2.24. The molecule has 2 nitrogen and oxygen atoms in total. The Balaban J connectivity index is 1.64. The van der Waals surface area contributed by atoms with Crippen molar-refractivity contribution in [3.05, 3.63) is 59.7 Å². The minimum Gasteiger partial charge on any atom is -0.457 e. The van der Waals surface area contributed by atoms with Gasteiger partial charge in [-0.25, -0.2) is 0 Å².